The summed E-state index contributed by atoms with van der Waals surface area (Å²) in [5.74, 6) is 0. The second kappa shape index (κ2) is 9.95. The number of carbonyl (C=O) groups excluding carboxylic acids is 1. The molecule has 1 aliphatic rings. The van der Waals surface area contributed by atoms with Gasteiger partial charge in [0.05, 0.1) is 11.2 Å². The number of fused-ring (bicyclic) bond motifs is 1. The number of likely N-dealkylation sites (tertiary alicyclic amines) is 1. The van der Waals surface area contributed by atoms with Gasteiger partial charge in [-0.15, -0.1) is 0 Å². The summed E-state index contributed by atoms with van der Waals surface area (Å²) in [6.07, 6.45) is 6.45. The van der Waals surface area contributed by atoms with Gasteiger partial charge in [0.1, 0.15) is 6.10 Å². The minimum absolute atomic E-state index is 0.0166. The summed E-state index contributed by atoms with van der Waals surface area (Å²) in [5.41, 5.74) is 8.66. The van der Waals surface area contributed by atoms with Crippen LogP contribution in [-0.2, 0) is 4.74 Å². The van der Waals surface area contributed by atoms with Gasteiger partial charge in [0.15, 0.2) is 5.65 Å². The third-order valence-electron chi connectivity index (χ3n) is 6.10. The van der Waals surface area contributed by atoms with Gasteiger partial charge in [-0.1, -0.05) is 6.07 Å². The van der Waals surface area contributed by atoms with Crippen LogP contribution in [0.1, 0.15) is 55.5 Å². The molecule has 0 aromatic carbocycles. The number of amides is 1. The van der Waals surface area contributed by atoms with Crippen LogP contribution in [-0.4, -0.2) is 50.1 Å². The second-order valence-electron chi connectivity index (χ2n) is 8.25. The molecule has 3 N–H and O–H groups in total. The van der Waals surface area contributed by atoms with Crippen LogP contribution in [0.3, 0.4) is 0 Å². The van der Waals surface area contributed by atoms with E-state index in [2.05, 4.69) is 15.0 Å². The number of aryl methyl sites for hydroxylation is 1. The van der Waals surface area contributed by atoms with Crippen molar-refractivity contribution in [2.45, 2.75) is 51.2 Å². The van der Waals surface area contributed by atoms with Crippen molar-refractivity contribution in [2.24, 2.45) is 5.73 Å². The molecule has 1 amide bonds. The SMILES string of the molecule is Cc1cccnc1[C@@H](CCCCN)OC(=O)N1CCC(n2c(=O)[nH]c3ncccc32)CC1. The maximum absolute atomic E-state index is 13.0. The molecule has 0 bridgehead atoms. The third kappa shape index (κ3) is 4.67. The average molecular weight is 439 g/mol. The molecular weight excluding hydrogens is 408 g/mol. The predicted molar refractivity (Wildman–Crippen MR) is 121 cm³/mol. The van der Waals surface area contributed by atoms with E-state index in [1.807, 2.05) is 31.2 Å². The van der Waals surface area contributed by atoms with Crippen molar-refractivity contribution in [1.29, 1.82) is 0 Å². The zero-order valence-corrected chi connectivity index (χ0v) is 18.4. The van der Waals surface area contributed by atoms with Crippen LogP contribution in [0, 0.1) is 6.92 Å². The Balaban J connectivity index is 1.42. The topological polar surface area (TPSA) is 119 Å². The van der Waals surface area contributed by atoms with Gasteiger partial charge in [-0.05, 0) is 69.3 Å². The fraction of sp³-hybridized carbons (Fsp3) is 0.478. The fourth-order valence-electron chi connectivity index (χ4n) is 4.38. The third-order valence-corrected chi connectivity index (χ3v) is 6.10. The highest BCUT2D eigenvalue weighted by atomic mass is 16.6. The van der Waals surface area contributed by atoms with Gasteiger partial charge in [0.25, 0.3) is 0 Å². The zero-order valence-electron chi connectivity index (χ0n) is 18.4. The van der Waals surface area contributed by atoms with Crippen LogP contribution < -0.4 is 11.4 Å². The maximum Gasteiger partial charge on any atom is 0.410 e. The van der Waals surface area contributed by atoms with Gasteiger partial charge in [0, 0.05) is 31.5 Å². The summed E-state index contributed by atoms with van der Waals surface area (Å²) in [7, 11) is 0. The van der Waals surface area contributed by atoms with Gasteiger partial charge >= 0.3 is 11.8 Å². The standard InChI is InChI=1S/C23H30N6O3/c1-16-6-4-12-25-20(16)19(8-2-3-11-24)32-23(31)28-14-9-17(10-15-28)29-18-7-5-13-26-21(18)27-22(29)30/h4-7,12-13,17,19H,2-3,8-11,14-15,24H2,1H3,(H,26,27,30)/t19-/m1/s1. The first-order valence-corrected chi connectivity index (χ1v) is 11.2. The molecule has 9 nitrogen and oxygen atoms in total. The lowest BCUT2D eigenvalue weighted by Crippen LogP contribution is -2.41. The van der Waals surface area contributed by atoms with E-state index in [1.165, 1.54) is 0 Å². The molecule has 1 saturated heterocycles. The number of nitrogens with one attached hydrogen (secondary N) is 1. The molecule has 1 aliphatic heterocycles. The number of aromatic nitrogens is 4. The molecule has 3 aromatic heterocycles. The molecule has 9 heteroatoms. The Hall–Kier alpha value is -3.20. The van der Waals surface area contributed by atoms with E-state index in [9.17, 15) is 9.59 Å². The smallest absolute Gasteiger partial charge is 0.410 e. The highest BCUT2D eigenvalue weighted by molar-refractivity contribution is 5.70. The first kappa shape index (κ1) is 22.0. The van der Waals surface area contributed by atoms with Gasteiger partial charge in [0.2, 0.25) is 0 Å². The van der Waals surface area contributed by atoms with Crippen LogP contribution in [0.2, 0.25) is 0 Å². The van der Waals surface area contributed by atoms with Crippen LogP contribution in [0.25, 0.3) is 11.2 Å². The molecule has 0 radical (unpaired) electrons. The Morgan fingerprint density at radius 1 is 1.22 bits per heavy atom. The molecule has 0 saturated carbocycles. The summed E-state index contributed by atoms with van der Waals surface area (Å²) in [5, 5.41) is 0. The van der Waals surface area contributed by atoms with E-state index in [-0.39, 0.29) is 17.8 Å². The lowest BCUT2D eigenvalue weighted by atomic mass is 10.0. The largest absolute Gasteiger partial charge is 0.440 e. The molecule has 170 valence electrons. The quantitative estimate of drug-likeness (QED) is 0.547. The number of nitrogens with zero attached hydrogens (tertiary/aromatic N) is 4. The number of imidazole rings is 1. The number of hydrogen-bond acceptors (Lipinski definition) is 6. The molecule has 3 aromatic rings. The van der Waals surface area contributed by atoms with Crippen molar-refractivity contribution in [3.05, 3.63) is 58.4 Å². The minimum atomic E-state index is -0.393. The number of aromatic amines is 1. The van der Waals surface area contributed by atoms with Gasteiger partial charge in [-0.2, -0.15) is 0 Å². The van der Waals surface area contributed by atoms with Gasteiger partial charge in [-0.25, -0.2) is 14.6 Å². The minimum Gasteiger partial charge on any atom is -0.440 e. The number of H-pyrrole nitrogens is 1. The molecule has 1 atom stereocenters. The van der Waals surface area contributed by atoms with Crippen molar-refractivity contribution in [1.82, 2.24) is 24.4 Å². The number of rotatable bonds is 7. The first-order chi connectivity index (χ1) is 15.6. The molecule has 4 rings (SSSR count). The van der Waals surface area contributed by atoms with Crippen LogP contribution >= 0.6 is 0 Å². The number of ether oxygens (including phenoxy) is 1. The van der Waals surface area contributed by atoms with Gasteiger partial charge in [-0.3, -0.25) is 14.5 Å². The van der Waals surface area contributed by atoms with Crippen molar-refractivity contribution in [3.8, 4) is 0 Å². The van der Waals surface area contributed by atoms with Gasteiger partial charge < -0.3 is 15.4 Å². The van der Waals surface area contributed by atoms with E-state index in [0.717, 1.165) is 29.6 Å². The second-order valence-corrected chi connectivity index (χ2v) is 8.25. The Bertz CT molecular complexity index is 1120. The van der Waals surface area contributed by atoms with Crippen molar-refractivity contribution < 1.29 is 9.53 Å². The van der Waals surface area contributed by atoms with Crippen LogP contribution in [0.4, 0.5) is 4.79 Å². The van der Waals surface area contributed by atoms with Crippen LogP contribution in [0.15, 0.2) is 41.5 Å². The lowest BCUT2D eigenvalue weighted by Gasteiger charge is -2.33. The summed E-state index contributed by atoms with van der Waals surface area (Å²) >= 11 is 0. The zero-order chi connectivity index (χ0) is 22.5. The lowest BCUT2D eigenvalue weighted by molar-refractivity contribution is 0.0466. The summed E-state index contributed by atoms with van der Waals surface area (Å²) < 4.78 is 7.68. The summed E-state index contributed by atoms with van der Waals surface area (Å²) in [6, 6.07) is 7.59. The average Bonchev–Trinajstić information content (AvgIpc) is 3.14. The van der Waals surface area contributed by atoms with E-state index in [4.69, 9.17) is 10.5 Å². The van der Waals surface area contributed by atoms with E-state index >= 15 is 0 Å². The summed E-state index contributed by atoms with van der Waals surface area (Å²) in [6.45, 7) is 3.64. The first-order valence-electron chi connectivity index (χ1n) is 11.2. The number of carbonyl (C=O) groups is 1. The number of pyridine rings is 2. The Kier molecular flexibility index (Phi) is 6.84. The van der Waals surface area contributed by atoms with E-state index in [0.29, 0.717) is 44.5 Å². The maximum atomic E-state index is 13.0. The van der Waals surface area contributed by atoms with E-state index < -0.39 is 6.10 Å². The fourth-order valence-corrected chi connectivity index (χ4v) is 4.38. The Morgan fingerprint density at radius 2 is 1.97 bits per heavy atom. The molecule has 0 unspecified atom stereocenters. The molecule has 0 aliphatic carbocycles. The number of piperidine rings is 1. The highest BCUT2D eigenvalue weighted by Crippen LogP contribution is 2.28. The van der Waals surface area contributed by atoms with Crippen molar-refractivity contribution in [2.75, 3.05) is 19.6 Å². The monoisotopic (exact) mass is 438 g/mol. The number of hydrogen-bond donors (Lipinski definition) is 2. The molecular formula is C23H30N6O3. The molecule has 32 heavy (non-hydrogen) atoms. The number of nitrogens with two attached hydrogens (primary N) is 1. The van der Waals surface area contributed by atoms with E-state index in [1.54, 1.807) is 21.9 Å². The highest BCUT2D eigenvalue weighted by Gasteiger charge is 2.29. The Morgan fingerprint density at radius 3 is 2.72 bits per heavy atom. The van der Waals surface area contributed by atoms with Crippen molar-refractivity contribution >= 4 is 17.3 Å². The Labute approximate surface area is 186 Å². The van der Waals surface area contributed by atoms with Crippen molar-refractivity contribution in [3.63, 3.8) is 0 Å². The normalized spacial score (nSPS) is 15.8. The molecule has 4 heterocycles. The summed E-state index contributed by atoms with van der Waals surface area (Å²) in [4.78, 5) is 38.6. The molecule has 1 fully saturated rings. The number of unbranched alkanes of at least 4 members (excludes halogenated alkanes) is 1. The molecule has 0 spiro atoms. The van der Waals surface area contributed by atoms with Crippen LogP contribution in [0.5, 0.6) is 0 Å². The predicted octanol–water partition coefficient (Wildman–Crippen LogP) is 3.07.